The van der Waals surface area contributed by atoms with E-state index in [2.05, 4.69) is 0 Å². The molecule has 24 heavy (non-hydrogen) atoms. The summed E-state index contributed by atoms with van der Waals surface area (Å²) in [5, 5.41) is 0. The van der Waals surface area contributed by atoms with E-state index in [-0.39, 0.29) is 30.8 Å². The van der Waals surface area contributed by atoms with Crippen molar-refractivity contribution in [1.29, 1.82) is 0 Å². The lowest BCUT2D eigenvalue weighted by atomic mass is 9.74. The second-order valence-electron chi connectivity index (χ2n) is 6.46. The number of ether oxygens (including phenoxy) is 3. The van der Waals surface area contributed by atoms with Crippen LogP contribution >= 0.6 is 0 Å². The summed E-state index contributed by atoms with van der Waals surface area (Å²) in [4.78, 5) is 14.4. The van der Waals surface area contributed by atoms with Gasteiger partial charge < -0.3 is 19.1 Å². The third-order valence-corrected chi connectivity index (χ3v) is 5.26. The average molecular weight is 323 g/mol. The largest absolute Gasteiger partial charge is 0.454 e. The summed E-state index contributed by atoms with van der Waals surface area (Å²) < 4.78 is 16.6. The highest BCUT2D eigenvalue weighted by Gasteiger charge is 2.41. The summed E-state index contributed by atoms with van der Waals surface area (Å²) >= 11 is 0. The maximum Gasteiger partial charge on any atom is 0.251 e. The van der Waals surface area contributed by atoms with Gasteiger partial charge in [-0.1, -0.05) is 12.2 Å². The van der Waals surface area contributed by atoms with Crippen LogP contribution in [-0.2, 0) is 9.53 Å². The normalized spacial score (nSPS) is 29.0. The molecule has 4 aliphatic rings. The first-order valence-corrected chi connectivity index (χ1v) is 8.11. The van der Waals surface area contributed by atoms with Gasteiger partial charge in [0.2, 0.25) is 6.79 Å². The molecule has 1 amide bonds. The highest BCUT2D eigenvalue weighted by molar-refractivity contribution is 5.92. The van der Waals surface area contributed by atoms with Crippen LogP contribution in [0, 0.1) is 5.92 Å². The molecule has 3 atom stereocenters. The Morgan fingerprint density at radius 2 is 2.04 bits per heavy atom. The molecule has 0 aromatic heterocycles. The van der Waals surface area contributed by atoms with Crippen molar-refractivity contribution >= 4 is 12.0 Å². The fraction of sp³-hybridized carbons (Fsp3) is 0.316. The van der Waals surface area contributed by atoms with E-state index in [4.69, 9.17) is 14.2 Å². The van der Waals surface area contributed by atoms with Crippen molar-refractivity contribution < 1.29 is 19.0 Å². The molecule has 0 saturated carbocycles. The first-order valence-electron chi connectivity index (χ1n) is 8.11. The van der Waals surface area contributed by atoms with E-state index in [1.165, 1.54) is 0 Å². The lowest BCUT2D eigenvalue weighted by molar-refractivity contribution is -0.127. The van der Waals surface area contributed by atoms with E-state index in [0.29, 0.717) is 0 Å². The summed E-state index contributed by atoms with van der Waals surface area (Å²) in [6.45, 7) is 0.248. The van der Waals surface area contributed by atoms with Gasteiger partial charge in [-0.15, -0.1) is 0 Å². The van der Waals surface area contributed by atoms with Crippen molar-refractivity contribution in [2.24, 2.45) is 5.92 Å². The number of carbonyl (C=O) groups is 1. The predicted molar refractivity (Wildman–Crippen MR) is 87.3 cm³/mol. The molecular weight excluding hydrogens is 306 g/mol. The number of nitrogens with zero attached hydrogens (tertiary/aromatic N) is 1. The first-order chi connectivity index (χ1) is 11.7. The van der Waals surface area contributed by atoms with Crippen LogP contribution in [0.2, 0.25) is 0 Å². The molecule has 5 nitrogen and oxygen atoms in total. The monoisotopic (exact) mass is 323 g/mol. The van der Waals surface area contributed by atoms with E-state index < -0.39 is 0 Å². The van der Waals surface area contributed by atoms with Gasteiger partial charge in [0, 0.05) is 25.3 Å². The number of hydrogen-bond acceptors (Lipinski definition) is 4. The average Bonchev–Trinajstić information content (AvgIpc) is 3.06. The summed E-state index contributed by atoms with van der Waals surface area (Å²) in [5.74, 6) is 1.75. The minimum Gasteiger partial charge on any atom is -0.454 e. The maximum absolute atomic E-state index is 12.6. The quantitative estimate of drug-likeness (QED) is 0.797. The minimum atomic E-state index is -0.0328. The lowest BCUT2D eigenvalue weighted by Crippen LogP contribution is -2.42. The molecule has 1 aliphatic carbocycles. The fourth-order valence-electron chi connectivity index (χ4n) is 4.06. The van der Waals surface area contributed by atoms with Crippen LogP contribution in [0.15, 0.2) is 42.1 Å². The zero-order valence-corrected chi connectivity index (χ0v) is 13.3. The second kappa shape index (κ2) is 4.98. The first kappa shape index (κ1) is 13.9. The Labute approximate surface area is 139 Å². The number of allylic oxidation sites excluding steroid dienone is 1. The van der Waals surface area contributed by atoms with Crippen LogP contribution in [0.3, 0.4) is 0 Å². The molecule has 5 rings (SSSR count). The van der Waals surface area contributed by atoms with Crippen LogP contribution < -0.4 is 9.47 Å². The zero-order valence-electron chi connectivity index (χ0n) is 13.3. The zero-order chi connectivity index (χ0) is 16.3. The summed E-state index contributed by atoms with van der Waals surface area (Å²) in [5.41, 5.74) is 3.27. The third-order valence-electron chi connectivity index (χ3n) is 5.26. The predicted octanol–water partition coefficient (Wildman–Crippen LogP) is 2.80. The number of carbonyl (C=O) groups excluding carboxylic acids is 1. The van der Waals surface area contributed by atoms with Crippen LogP contribution in [-0.4, -0.2) is 30.8 Å². The Hall–Kier alpha value is -2.53. The third kappa shape index (κ3) is 1.88. The van der Waals surface area contributed by atoms with Gasteiger partial charge in [0.25, 0.3) is 5.91 Å². The molecule has 0 bridgehead atoms. The topological polar surface area (TPSA) is 48.0 Å². The number of methoxy groups -OCH3 is 1. The highest BCUT2D eigenvalue weighted by atomic mass is 16.7. The molecule has 0 radical (unpaired) electrons. The van der Waals surface area contributed by atoms with Gasteiger partial charge in [-0.2, -0.15) is 0 Å². The number of hydrogen-bond donors (Lipinski definition) is 0. The Bertz CT molecular complexity index is 823. The van der Waals surface area contributed by atoms with Gasteiger partial charge >= 0.3 is 0 Å². The molecule has 0 saturated heterocycles. The summed E-state index contributed by atoms with van der Waals surface area (Å²) in [7, 11) is 1.72. The van der Waals surface area contributed by atoms with Gasteiger partial charge in [0.05, 0.1) is 12.1 Å². The van der Waals surface area contributed by atoms with E-state index in [0.717, 1.165) is 34.6 Å². The van der Waals surface area contributed by atoms with Crippen molar-refractivity contribution in [3.05, 3.63) is 53.3 Å². The Kier molecular flexibility index (Phi) is 2.88. The number of rotatable bonds is 1. The summed E-state index contributed by atoms with van der Waals surface area (Å²) in [6.07, 6.45) is 10.6. The lowest BCUT2D eigenvalue weighted by Gasteiger charge is -2.43. The van der Waals surface area contributed by atoms with Gasteiger partial charge in [-0.3, -0.25) is 4.79 Å². The second-order valence-corrected chi connectivity index (χ2v) is 6.46. The van der Waals surface area contributed by atoms with Gasteiger partial charge in [-0.05, 0) is 41.3 Å². The van der Waals surface area contributed by atoms with Crippen LogP contribution in [0.4, 0.5) is 0 Å². The fourth-order valence-corrected chi connectivity index (χ4v) is 4.06. The van der Waals surface area contributed by atoms with E-state index in [9.17, 15) is 4.79 Å². The molecule has 0 unspecified atom stereocenters. The van der Waals surface area contributed by atoms with Crippen molar-refractivity contribution in [3.8, 4) is 11.5 Å². The molecule has 1 aromatic rings. The Morgan fingerprint density at radius 1 is 1.21 bits per heavy atom. The molecule has 5 heteroatoms. The molecule has 0 spiro atoms. The van der Waals surface area contributed by atoms with Crippen molar-refractivity contribution in [2.75, 3.05) is 13.9 Å². The molecular formula is C19H17NO4. The van der Waals surface area contributed by atoms with Gasteiger partial charge in [0.1, 0.15) is 0 Å². The molecule has 0 fully saturated rings. The molecule has 0 N–H and O–H groups in total. The van der Waals surface area contributed by atoms with E-state index in [1.54, 1.807) is 13.2 Å². The Morgan fingerprint density at radius 3 is 2.88 bits per heavy atom. The molecule has 1 aromatic carbocycles. The SMILES string of the molecule is CO[C@H]1C=CC2=CC(=O)N3C=Cc4cc5c(cc4[C@@H]3[C@H]2C1)OCO5. The van der Waals surface area contributed by atoms with Crippen LogP contribution in [0.25, 0.3) is 6.08 Å². The van der Waals surface area contributed by atoms with Crippen molar-refractivity contribution in [1.82, 2.24) is 4.90 Å². The molecule has 3 aliphatic heterocycles. The maximum atomic E-state index is 12.6. The highest BCUT2D eigenvalue weighted by Crippen LogP contribution is 2.48. The molecule has 122 valence electrons. The van der Waals surface area contributed by atoms with Gasteiger partial charge in [0.15, 0.2) is 11.5 Å². The van der Waals surface area contributed by atoms with Crippen LogP contribution in [0.5, 0.6) is 11.5 Å². The van der Waals surface area contributed by atoms with Crippen molar-refractivity contribution in [3.63, 3.8) is 0 Å². The number of benzene rings is 1. The van der Waals surface area contributed by atoms with Crippen LogP contribution in [0.1, 0.15) is 23.6 Å². The number of fused-ring (bicyclic) bond motifs is 6. The van der Waals surface area contributed by atoms with E-state index in [1.807, 2.05) is 41.5 Å². The standard InChI is InChI=1S/C19H17NO4/c1-22-13-3-2-11-7-18(21)20-5-4-12-6-16-17(24-10-23-16)9-15(12)19(20)14(11)8-13/h2-7,9,13-14,19H,8,10H2,1H3/t13-,14-,19-/m0/s1. The minimum absolute atomic E-state index is 0.0198. The number of amides is 1. The van der Waals surface area contributed by atoms with E-state index >= 15 is 0 Å². The Balaban J connectivity index is 1.65. The van der Waals surface area contributed by atoms with Gasteiger partial charge in [-0.25, -0.2) is 0 Å². The van der Waals surface area contributed by atoms with Crippen molar-refractivity contribution in [2.45, 2.75) is 18.6 Å². The summed E-state index contributed by atoms with van der Waals surface area (Å²) in [6, 6.07) is 3.99. The smallest absolute Gasteiger partial charge is 0.251 e. The molecule has 3 heterocycles.